The molecule has 0 fully saturated rings. The van der Waals surface area contributed by atoms with Crippen molar-refractivity contribution in [2.45, 2.75) is 40.2 Å². The minimum Gasteiger partial charge on any atom is -0.375 e. The maximum Gasteiger partial charge on any atom is 0.180 e. The quantitative estimate of drug-likeness (QED) is 0.813. The number of rotatable bonds is 5. The summed E-state index contributed by atoms with van der Waals surface area (Å²) >= 11 is 1.59. The second kappa shape index (κ2) is 5.47. The van der Waals surface area contributed by atoms with E-state index in [0.717, 1.165) is 18.2 Å². The predicted molar refractivity (Wildman–Crippen MR) is 67.1 cm³/mol. The molecule has 0 saturated carbocycles. The predicted octanol–water partition coefficient (Wildman–Crippen LogP) is 2.73. The second-order valence-corrected chi connectivity index (χ2v) is 5.42. The number of hydrogen-bond acceptors (Lipinski definition) is 4. The van der Waals surface area contributed by atoms with Gasteiger partial charge in [0, 0.05) is 10.9 Å². The molecule has 1 atom stereocenters. The molecular formula is C11H21N3S. The first kappa shape index (κ1) is 12.5. The first-order valence-electron chi connectivity index (χ1n) is 5.47. The first-order chi connectivity index (χ1) is 7.00. The van der Waals surface area contributed by atoms with Gasteiger partial charge in [-0.25, -0.2) is 4.98 Å². The van der Waals surface area contributed by atoms with Crippen LogP contribution in [0.3, 0.4) is 0 Å². The van der Waals surface area contributed by atoms with Gasteiger partial charge in [0.2, 0.25) is 0 Å². The van der Waals surface area contributed by atoms with Crippen molar-refractivity contribution < 1.29 is 0 Å². The number of thiazole rings is 1. The Labute approximate surface area is 96.1 Å². The maximum atomic E-state index is 5.67. The van der Waals surface area contributed by atoms with Gasteiger partial charge in [0.15, 0.2) is 5.13 Å². The summed E-state index contributed by atoms with van der Waals surface area (Å²) in [7, 11) is 0. The van der Waals surface area contributed by atoms with E-state index in [9.17, 15) is 0 Å². The summed E-state index contributed by atoms with van der Waals surface area (Å²) in [4.78, 5) is 5.49. The summed E-state index contributed by atoms with van der Waals surface area (Å²) < 4.78 is 0. The zero-order chi connectivity index (χ0) is 11.4. The Morgan fingerprint density at radius 2 is 2.07 bits per heavy atom. The highest BCUT2D eigenvalue weighted by atomic mass is 32.1. The molecule has 0 aromatic carbocycles. The Hall–Kier alpha value is -0.610. The standard InChI is InChI=1S/C11H21N3S/c1-7(2)5-6-13-8(3)10-9(4)14-11(12)15-10/h7-8,13H,5-6H2,1-4H3,(H2,12,14). The molecular weight excluding hydrogens is 206 g/mol. The Kier molecular flexibility index (Phi) is 4.54. The van der Waals surface area contributed by atoms with Crippen molar-refractivity contribution in [1.82, 2.24) is 10.3 Å². The van der Waals surface area contributed by atoms with Crippen LogP contribution in [0.4, 0.5) is 5.13 Å². The van der Waals surface area contributed by atoms with Gasteiger partial charge in [0.1, 0.15) is 0 Å². The number of hydrogen-bond donors (Lipinski definition) is 2. The lowest BCUT2D eigenvalue weighted by Gasteiger charge is -2.13. The Balaban J connectivity index is 2.46. The Bertz CT molecular complexity index is 307. The molecule has 0 aliphatic carbocycles. The van der Waals surface area contributed by atoms with Gasteiger partial charge in [-0.05, 0) is 32.7 Å². The van der Waals surface area contributed by atoms with Crippen LogP contribution < -0.4 is 11.1 Å². The lowest BCUT2D eigenvalue weighted by atomic mass is 10.1. The van der Waals surface area contributed by atoms with E-state index < -0.39 is 0 Å². The fourth-order valence-electron chi connectivity index (χ4n) is 1.51. The van der Waals surface area contributed by atoms with E-state index in [1.165, 1.54) is 11.3 Å². The summed E-state index contributed by atoms with van der Waals surface area (Å²) in [5.74, 6) is 0.748. The molecule has 0 spiro atoms. The van der Waals surface area contributed by atoms with Crippen LogP contribution in [-0.2, 0) is 0 Å². The Morgan fingerprint density at radius 3 is 2.53 bits per heavy atom. The van der Waals surface area contributed by atoms with E-state index in [-0.39, 0.29) is 0 Å². The highest BCUT2D eigenvalue weighted by Crippen LogP contribution is 2.26. The van der Waals surface area contributed by atoms with E-state index in [4.69, 9.17) is 5.73 Å². The molecule has 1 heterocycles. The minimum absolute atomic E-state index is 0.360. The fraction of sp³-hybridized carbons (Fsp3) is 0.727. The molecule has 15 heavy (non-hydrogen) atoms. The fourth-order valence-corrected chi connectivity index (χ4v) is 2.37. The summed E-state index contributed by atoms with van der Waals surface area (Å²) in [6, 6.07) is 0.360. The number of nitrogen functional groups attached to an aromatic ring is 1. The molecule has 0 saturated heterocycles. The maximum absolute atomic E-state index is 5.67. The molecule has 86 valence electrons. The van der Waals surface area contributed by atoms with Crippen LogP contribution in [0.2, 0.25) is 0 Å². The average molecular weight is 227 g/mol. The number of nitrogens with two attached hydrogens (primary N) is 1. The molecule has 0 amide bonds. The minimum atomic E-state index is 0.360. The van der Waals surface area contributed by atoms with Gasteiger partial charge in [-0.1, -0.05) is 13.8 Å². The van der Waals surface area contributed by atoms with Gasteiger partial charge in [0.25, 0.3) is 0 Å². The lowest BCUT2D eigenvalue weighted by molar-refractivity contribution is 0.499. The molecule has 4 heteroatoms. The van der Waals surface area contributed by atoms with Crippen molar-refractivity contribution in [2.24, 2.45) is 5.92 Å². The number of aromatic nitrogens is 1. The van der Waals surface area contributed by atoms with Crippen molar-refractivity contribution in [3.63, 3.8) is 0 Å². The number of nitrogens with one attached hydrogen (secondary N) is 1. The van der Waals surface area contributed by atoms with Gasteiger partial charge < -0.3 is 11.1 Å². The summed E-state index contributed by atoms with van der Waals surface area (Å²) in [5.41, 5.74) is 6.73. The zero-order valence-corrected chi connectivity index (χ0v) is 10.8. The number of aryl methyl sites for hydroxylation is 1. The van der Waals surface area contributed by atoms with Crippen LogP contribution in [0.1, 0.15) is 43.8 Å². The van der Waals surface area contributed by atoms with Gasteiger partial charge in [0.05, 0.1) is 5.69 Å². The second-order valence-electron chi connectivity index (χ2n) is 4.36. The molecule has 1 aromatic heterocycles. The summed E-state index contributed by atoms with van der Waals surface area (Å²) in [6.45, 7) is 9.71. The van der Waals surface area contributed by atoms with Crippen molar-refractivity contribution in [3.05, 3.63) is 10.6 Å². The zero-order valence-electron chi connectivity index (χ0n) is 10.0. The smallest absolute Gasteiger partial charge is 0.180 e. The third-order valence-electron chi connectivity index (χ3n) is 2.41. The van der Waals surface area contributed by atoms with E-state index in [1.54, 1.807) is 11.3 Å². The van der Waals surface area contributed by atoms with E-state index in [0.29, 0.717) is 11.2 Å². The third-order valence-corrected chi connectivity index (χ3v) is 3.58. The highest BCUT2D eigenvalue weighted by Gasteiger charge is 2.12. The highest BCUT2D eigenvalue weighted by molar-refractivity contribution is 7.15. The summed E-state index contributed by atoms with van der Waals surface area (Å²) in [5, 5.41) is 4.17. The molecule has 1 unspecified atom stereocenters. The van der Waals surface area contributed by atoms with Crippen molar-refractivity contribution in [3.8, 4) is 0 Å². The van der Waals surface area contributed by atoms with Gasteiger partial charge in [-0.15, -0.1) is 11.3 Å². The molecule has 3 nitrogen and oxygen atoms in total. The van der Waals surface area contributed by atoms with Crippen LogP contribution >= 0.6 is 11.3 Å². The number of nitrogens with zero attached hydrogens (tertiary/aromatic N) is 1. The monoisotopic (exact) mass is 227 g/mol. The van der Waals surface area contributed by atoms with Gasteiger partial charge >= 0.3 is 0 Å². The molecule has 1 rings (SSSR count). The molecule has 0 aliphatic rings. The molecule has 3 N–H and O–H groups in total. The van der Waals surface area contributed by atoms with Crippen LogP contribution in [0, 0.1) is 12.8 Å². The SMILES string of the molecule is Cc1nc(N)sc1C(C)NCCC(C)C. The molecule has 1 aromatic rings. The molecule has 0 radical (unpaired) electrons. The normalized spacial score (nSPS) is 13.4. The van der Waals surface area contributed by atoms with Crippen LogP contribution in [0.5, 0.6) is 0 Å². The van der Waals surface area contributed by atoms with Gasteiger partial charge in [-0.2, -0.15) is 0 Å². The van der Waals surface area contributed by atoms with Crippen LogP contribution in [0.15, 0.2) is 0 Å². The van der Waals surface area contributed by atoms with Gasteiger partial charge in [-0.3, -0.25) is 0 Å². The topological polar surface area (TPSA) is 50.9 Å². The average Bonchev–Trinajstić information content (AvgIpc) is 2.44. The van der Waals surface area contributed by atoms with E-state index in [1.807, 2.05) is 6.92 Å². The van der Waals surface area contributed by atoms with Crippen molar-refractivity contribution in [1.29, 1.82) is 0 Å². The molecule has 0 aliphatic heterocycles. The lowest BCUT2D eigenvalue weighted by Crippen LogP contribution is -2.20. The van der Waals surface area contributed by atoms with Crippen LogP contribution in [0.25, 0.3) is 0 Å². The van der Waals surface area contributed by atoms with E-state index >= 15 is 0 Å². The summed E-state index contributed by atoms with van der Waals surface area (Å²) in [6.07, 6.45) is 1.21. The molecule has 0 bridgehead atoms. The Morgan fingerprint density at radius 1 is 1.40 bits per heavy atom. The van der Waals surface area contributed by atoms with Crippen LogP contribution in [-0.4, -0.2) is 11.5 Å². The largest absolute Gasteiger partial charge is 0.375 e. The van der Waals surface area contributed by atoms with Crippen molar-refractivity contribution >= 4 is 16.5 Å². The van der Waals surface area contributed by atoms with Crippen molar-refractivity contribution in [2.75, 3.05) is 12.3 Å². The number of anilines is 1. The first-order valence-corrected chi connectivity index (χ1v) is 6.28. The van der Waals surface area contributed by atoms with E-state index in [2.05, 4.69) is 31.1 Å². The third kappa shape index (κ3) is 3.80.